The van der Waals surface area contributed by atoms with E-state index in [-0.39, 0.29) is 5.91 Å². The van der Waals surface area contributed by atoms with Crippen molar-refractivity contribution in [3.63, 3.8) is 0 Å². The zero-order chi connectivity index (χ0) is 20.1. The van der Waals surface area contributed by atoms with Crippen molar-refractivity contribution in [3.05, 3.63) is 89.2 Å². The number of aromatic nitrogens is 3. The van der Waals surface area contributed by atoms with Gasteiger partial charge in [-0.25, -0.2) is 4.98 Å². The molecular weight excluding hydrogens is 384 g/mol. The van der Waals surface area contributed by atoms with E-state index in [1.165, 1.54) is 11.3 Å². The van der Waals surface area contributed by atoms with Crippen LogP contribution in [-0.2, 0) is 13.1 Å². The van der Waals surface area contributed by atoms with Crippen LogP contribution in [-0.4, -0.2) is 27.8 Å². The van der Waals surface area contributed by atoms with Gasteiger partial charge in [-0.15, -0.1) is 11.3 Å². The molecular formula is C22H20N4O2S. The fourth-order valence-corrected chi connectivity index (χ4v) is 3.77. The van der Waals surface area contributed by atoms with Crippen molar-refractivity contribution < 1.29 is 9.53 Å². The highest BCUT2D eigenvalue weighted by Crippen LogP contribution is 2.25. The summed E-state index contributed by atoms with van der Waals surface area (Å²) < 4.78 is 7.04. The summed E-state index contributed by atoms with van der Waals surface area (Å²) in [5.74, 6) is 0.604. The Morgan fingerprint density at radius 1 is 1.10 bits per heavy atom. The fourth-order valence-electron chi connectivity index (χ4n) is 2.96. The van der Waals surface area contributed by atoms with Crippen LogP contribution in [0.4, 0.5) is 0 Å². The second kappa shape index (κ2) is 8.70. The Morgan fingerprint density at radius 2 is 1.90 bits per heavy atom. The van der Waals surface area contributed by atoms with Gasteiger partial charge in [-0.1, -0.05) is 24.3 Å². The number of carbonyl (C=O) groups excluding carboxylic acids is 1. The van der Waals surface area contributed by atoms with Gasteiger partial charge in [0.05, 0.1) is 13.7 Å². The molecule has 0 aliphatic heterocycles. The Bertz CT molecular complexity index is 1090. The summed E-state index contributed by atoms with van der Waals surface area (Å²) in [6.45, 7) is 1.10. The van der Waals surface area contributed by atoms with Gasteiger partial charge in [0.2, 0.25) is 0 Å². The highest BCUT2D eigenvalue weighted by Gasteiger charge is 2.13. The number of amides is 1. The zero-order valence-corrected chi connectivity index (χ0v) is 16.7. The number of ether oxygens (including phenoxy) is 1. The molecule has 0 aliphatic rings. The first-order chi connectivity index (χ1) is 14.2. The molecule has 1 amide bonds. The van der Waals surface area contributed by atoms with Crippen molar-refractivity contribution in [2.75, 3.05) is 7.11 Å². The van der Waals surface area contributed by atoms with Gasteiger partial charge in [0.1, 0.15) is 16.5 Å². The van der Waals surface area contributed by atoms with Gasteiger partial charge in [0, 0.05) is 29.9 Å². The van der Waals surface area contributed by atoms with Crippen LogP contribution >= 0.6 is 11.3 Å². The van der Waals surface area contributed by atoms with Crippen LogP contribution in [0.1, 0.15) is 21.6 Å². The highest BCUT2D eigenvalue weighted by molar-refractivity contribution is 7.13. The molecule has 2 heterocycles. The van der Waals surface area contributed by atoms with Crippen molar-refractivity contribution in [1.82, 2.24) is 20.1 Å². The van der Waals surface area contributed by atoms with E-state index in [9.17, 15) is 4.79 Å². The molecule has 0 radical (unpaired) electrons. The minimum Gasteiger partial charge on any atom is -0.497 e. The number of nitrogens with one attached hydrogen (secondary N) is 1. The Hall–Kier alpha value is -3.45. The van der Waals surface area contributed by atoms with Crippen LogP contribution in [0.15, 0.2) is 72.4 Å². The van der Waals surface area contributed by atoms with Crippen molar-refractivity contribution in [3.8, 4) is 16.3 Å². The number of thiazole rings is 1. The smallest absolute Gasteiger partial charge is 0.271 e. The third kappa shape index (κ3) is 4.52. The highest BCUT2D eigenvalue weighted by atomic mass is 32.1. The number of methoxy groups -OCH3 is 1. The topological polar surface area (TPSA) is 69.0 Å². The van der Waals surface area contributed by atoms with Gasteiger partial charge in [-0.2, -0.15) is 5.10 Å². The molecule has 0 bridgehead atoms. The predicted molar refractivity (Wildman–Crippen MR) is 113 cm³/mol. The minimum absolute atomic E-state index is 0.185. The molecule has 4 aromatic rings. The molecule has 2 aromatic carbocycles. The predicted octanol–water partition coefficient (Wildman–Crippen LogP) is 3.99. The van der Waals surface area contributed by atoms with E-state index in [1.54, 1.807) is 18.7 Å². The molecule has 2 aromatic heterocycles. The maximum absolute atomic E-state index is 12.6. The number of carbonyl (C=O) groups is 1. The largest absolute Gasteiger partial charge is 0.497 e. The summed E-state index contributed by atoms with van der Waals surface area (Å²) in [4.78, 5) is 17.1. The zero-order valence-electron chi connectivity index (χ0n) is 15.9. The molecule has 7 heteroatoms. The van der Waals surface area contributed by atoms with Crippen molar-refractivity contribution in [2.45, 2.75) is 13.1 Å². The van der Waals surface area contributed by atoms with Gasteiger partial charge in [-0.3, -0.25) is 9.48 Å². The van der Waals surface area contributed by atoms with Gasteiger partial charge >= 0.3 is 0 Å². The van der Waals surface area contributed by atoms with E-state index in [2.05, 4.69) is 15.4 Å². The molecule has 4 rings (SSSR count). The lowest BCUT2D eigenvalue weighted by molar-refractivity contribution is 0.0946. The third-order valence-corrected chi connectivity index (χ3v) is 5.41. The molecule has 29 heavy (non-hydrogen) atoms. The molecule has 0 atom stereocenters. The molecule has 6 nitrogen and oxygen atoms in total. The van der Waals surface area contributed by atoms with Crippen LogP contribution in [0.25, 0.3) is 10.6 Å². The fraction of sp³-hybridized carbons (Fsp3) is 0.136. The summed E-state index contributed by atoms with van der Waals surface area (Å²) in [5.41, 5.74) is 3.56. The molecule has 0 spiro atoms. The van der Waals surface area contributed by atoms with Crippen LogP contribution in [0.3, 0.4) is 0 Å². The summed E-state index contributed by atoms with van der Waals surface area (Å²) in [6.07, 6.45) is 3.68. The van der Waals surface area contributed by atoms with Crippen LogP contribution in [0.2, 0.25) is 0 Å². The van der Waals surface area contributed by atoms with Crippen molar-refractivity contribution >= 4 is 17.2 Å². The summed E-state index contributed by atoms with van der Waals surface area (Å²) in [5, 5.41) is 9.81. The van der Waals surface area contributed by atoms with Gasteiger partial charge in [-0.05, 0) is 41.5 Å². The summed E-state index contributed by atoms with van der Waals surface area (Å²) >= 11 is 1.45. The van der Waals surface area contributed by atoms with E-state index in [4.69, 9.17) is 4.74 Å². The summed E-state index contributed by atoms with van der Waals surface area (Å²) in [7, 11) is 1.63. The Morgan fingerprint density at radius 3 is 2.62 bits per heavy atom. The minimum atomic E-state index is -0.185. The van der Waals surface area contributed by atoms with Crippen LogP contribution in [0, 0.1) is 0 Å². The van der Waals surface area contributed by atoms with E-state index < -0.39 is 0 Å². The Labute approximate surface area is 172 Å². The molecule has 146 valence electrons. The van der Waals surface area contributed by atoms with E-state index in [0.29, 0.717) is 18.8 Å². The maximum atomic E-state index is 12.6. The molecule has 0 saturated heterocycles. The van der Waals surface area contributed by atoms with Crippen LogP contribution < -0.4 is 10.1 Å². The lowest BCUT2D eigenvalue weighted by Crippen LogP contribution is -2.24. The van der Waals surface area contributed by atoms with Crippen LogP contribution in [0.5, 0.6) is 5.75 Å². The molecule has 1 N–H and O–H groups in total. The standard InChI is InChI=1S/C22H20N4O2S/c1-28-19-9-7-16(8-10-19)22-25-20(15-29-22)21(27)23-13-17-5-2-3-6-18(17)14-26-12-4-11-24-26/h2-12,15H,13-14H2,1H3,(H,23,27). The van der Waals surface area contributed by atoms with Gasteiger partial charge < -0.3 is 10.1 Å². The van der Waals surface area contributed by atoms with Gasteiger partial charge in [0.25, 0.3) is 5.91 Å². The third-order valence-electron chi connectivity index (χ3n) is 4.52. The first-order valence-electron chi connectivity index (χ1n) is 9.15. The second-order valence-corrected chi connectivity index (χ2v) is 7.28. The number of rotatable bonds is 7. The van der Waals surface area contributed by atoms with E-state index >= 15 is 0 Å². The molecule has 0 saturated carbocycles. The maximum Gasteiger partial charge on any atom is 0.271 e. The van der Waals surface area contributed by atoms with Crippen molar-refractivity contribution in [1.29, 1.82) is 0 Å². The molecule has 0 fully saturated rings. The van der Waals surface area contributed by atoms with Crippen molar-refractivity contribution in [2.24, 2.45) is 0 Å². The SMILES string of the molecule is COc1ccc(-c2nc(C(=O)NCc3ccccc3Cn3cccn3)cs2)cc1. The number of benzene rings is 2. The summed E-state index contributed by atoms with van der Waals surface area (Å²) in [6, 6.07) is 17.6. The van der Waals surface area contributed by atoms with E-state index in [0.717, 1.165) is 27.4 Å². The average Bonchev–Trinajstić information content (AvgIpc) is 3.45. The number of hydrogen-bond acceptors (Lipinski definition) is 5. The normalized spacial score (nSPS) is 10.7. The molecule has 0 aliphatic carbocycles. The molecule has 0 unspecified atom stereocenters. The quantitative estimate of drug-likeness (QED) is 0.506. The lowest BCUT2D eigenvalue weighted by atomic mass is 10.1. The van der Waals surface area contributed by atoms with E-state index in [1.807, 2.05) is 65.5 Å². The average molecular weight is 404 g/mol. The first kappa shape index (κ1) is 18.9. The lowest BCUT2D eigenvalue weighted by Gasteiger charge is -2.10. The Kier molecular flexibility index (Phi) is 5.67. The van der Waals surface area contributed by atoms with Gasteiger partial charge in [0.15, 0.2) is 0 Å². The monoisotopic (exact) mass is 404 g/mol. The number of hydrogen-bond donors (Lipinski definition) is 1. The Balaban J connectivity index is 1.42. The second-order valence-electron chi connectivity index (χ2n) is 6.42. The number of nitrogens with zero attached hydrogens (tertiary/aromatic N) is 3. The first-order valence-corrected chi connectivity index (χ1v) is 10.0.